The van der Waals surface area contributed by atoms with Crippen LogP contribution in [0.4, 0.5) is 0 Å². The first-order chi connectivity index (χ1) is 7.97. The van der Waals surface area contributed by atoms with E-state index >= 15 is 0 Å². The van der Waals surface area contributed by atoms with Crippen molar-refractivity contribution >= 4 is 10.4 Å². The molecule has 17 heavy (non-hydrogen) atoms. The summed E-state index contributed by atoms with van der Waals surface area (Å²) in [5.41, 5.74) is 5.45. The SMILES string of the molecule is C=CCC(CN)CC=C.CCOS(=O)(=O)OC. The minimum absolute atomic E-state index is 0.107. The molecule has 0 aliphatic carbocycles. The Morgan fingerprint density at radius 3 is 1.94 bits per heavy atom. The third kappa shape index (κ3) is 13.2. The summed E-state index contributed by atoms with van der Waals surface area (Å²) in [6, 6.07) is 0. The molecule has 0 aromatic heterocycles. The Kier molecular flexibility index (Phi) is 12.9. The van der Waals surface area contributed by atoms with Crippen molar-refractivity contribution in [3.8, 4) is 0 Å². The smallest absolute Gasteiger partial charge is 0.330 e. The second-order valence-electron chi connectivity index (χ2n) is 3.13. The summed E-state index contributed by atoms with van der Waals surface area (Å²) < 4.78 is 28.4. The second-order valence-corrected chi connectivity index (χ2v) is 4.52. The molecular formula is C11H23NO4S. The van der Waals surface area contributed by atoms with Gasteiger partial charge in [-0.15, -0.1) is 13.2 Å². The fourth-order valence-corrected chi connectivity index (χ4v) is 1.34. The molecule has 0 bridgehead atoms. The van der Waals surface area contributed by atoms with E-state index in [1.54, 1.807) is 6.92 Å². The maximum Gasteiger partial charge on any atom is 0.399 e. The normalized spacial score (nSPS) is 10.6. The van der Waals surface area contributed by atoms with E-state index in [0.717, 1.165) is 26.5 Å². The zero-order valence-electron chi connectivity index (χ0n) is 10.6. The summed E-state index contributed by atoms with van der Waals surface area (Å²) in [5, 5.41) is 0. The molecule has 6 heteroatoms. The van der Waals surface area contributed by atoms with Gasteiger partial charge >= 0.3 is 10.4 Å². The van der Waals surface area contributed by atoms with Gasteiger partial charge in [-0.25, -0.2) is 4.18 Å². The summed E-state index contributed by atoms with van der Waals surface area (Å²) >= 11 is 0. The van der Waals surface area contributed by atoms with Crippen LogP contribution in [0.25, 0.3) is 0 Å². The highest BCUT2D eigenvalue weighted by Crippen LogP contribution is 2.06. The van der Waals surface area contributed by atoms with Gasteiger partial charge in [-0.2, -0.15) is 8.42 Å². The summed E-state index contributed by atoms with van der Waals surface area (Å²) in [5.74, 6) is 0.556. The minimum Gasteiger partial charge on any atom is -0.330 e. The monoisotopic (exact) mass is 265 g/mol. The molecule has 0 atom stereocenters. The van der Waals surface area contributed by atoms with E-state index in [1.165, 1.54) is 0 Å². The minimum atomic E-state index is -3.67. The van der Waals surface area contributed by atoms with E-state index < -0.39 is 10.4 Å². The van der Waals surface area contributed by atoms with Gasteiger partial charge in [-0.05, 0) is 32.2 Å². The Balaban J connectivity index is 0. The molecule has 0 aliphatic heterocycles. The number of rotatable bonds is 8. The lowest BCUT2D eigenvalue weighted by Gasteiger charge is -2.07. The average Bonchev–Trinajstić information content (AvgIpc) is 2.29. The Morgan fingerprint density at radius 1 is 1.29 bits per heavy atom. The van der Waals surface area contributed by atoms with Crippen LogP contribution >= 0.6 is 0 Å². The van der Waals surface area contributed by atoms with Gasteiger partial charge in [0.2, 0.25) is 0 Å². The first-order valence-electron chi connectivity index (χ1n) is 5.34. The zero-order valence-corrected chi connectivity index (χ0v) is 11.4. The third-order valence-corrected chi connectivity index (χ3v) is 2.73. The van der Waals surface area contributed by atoms with Crippen LogP contribution in [0.2, 0.25) is 0 Å². The van der Waals surface area contributed by atoms with Gasteiger partial charge in [0.1, 0.15) is 0 Å². The molecule has 0 saturated carbocycles. The van der Waals surface area contributed by atoms with Crippen molar-refractivity contribution in [3.05, 3.63) is 25.3 Å². The van der Waals surface area contributed by atoms with Crippen molar-refractivity contribution in [2.24, 2.45) is 11.7 Å². The van der Waals surface area contributed by atoms with Crippen LogP contribution in [-0.2, 0) is 18.8 Å². The van der Waals surface area contributed by atoms with E-state index in [-0.39, 0.29) is 6.61 Å². The van der Waals surface area contributed by atoms with E-state index in [4.69, 9.17) is 5.73 Å². The molecule has 0 radical (unpaired) electrons. The lowest BCUT2D eigenvalue weighted by atomic mass is 10.0. The largest absolute Gasteiger partial charge is 0.399 e. The maximum absolute atomic E-state index is 10.2. The van der Waals surface area contributed by atoms with Crippen LogP contribution in [0, 0.1) is 5.92 Å². The molecule has 0 unspecified atom stereocenters. The van der Waals surface area contributed by atoms with E-state index in [0.29, 0.717) is 5.92 Å². The highest BCUT2D eigenvalue weighted by atomic mass is 32.3. The highest BCUT2D eigenvalue weighted by molar-refractivity contribution is 7.81. The van der Waals surface area contributed by atoms with Crippen LogP contribution in [0.1, 0.15) is 19.8 Å². The van der Waals surface area contributed by atoms with E-state index in [9.17, 15) is 8.42 Å². The standard InChI is InChI=1S/C8H15N.C3H8O4S/c1-3-5-8(7-9)6-4-2;1-3-7-8(4,5)6-2/h3-4,8H,1-2,5-7,9H2;3H2,1-2H3. The summed E-state index contributed by atoms with van der Waals surface area (Å²) in [4.78, 5) is 0. The van der Waals surface area contributed by atoms with Crippen LogP contribution in [0.3, 0.4) is 0 Å². The van der Waals surface area contributed by atoms with Gasteiger partial charge in [0.25, 0.3) is 0 Å². The molecule has 0 amide bonds. The van der Waals surface area contributed by atoms with E-state index in [2.05, 4.69) is 21.5 Å². The Bertz CT molecular complexity index is 278. The molecule has 0 heterocycles. The van der Waals surface area contributed by atoms with Crippen LogP contribution in [-0.4, -0.2) is 28.7 Å². The predicted molar refractivity (Wildman–Crippen MR) is 69.7 cm³/mol. The van der Waals surface area contributed by atoms with Crippen molar-refractivity contribution in [3.63, 3.8) is 0 Å². The molecular weight excluding hydrogens is 242 g/mol. The Hall–Kier alpha value is -0.690. The van der Waals surface area contributed by atoms with Gasteiger partial charge in [0, 0.05) is 0 Å². The molecule has 0 aromatic rings. The summed E-state index contributed by atoms with van der Waals surface area (Å²) in [6.45, 7) is 9.69. The van der Waals surface area contributed by atoms with Crippen molar-refractivity contribution in [1.82, 2.24) is 0 Å². The molecule has 0 aliphatic rings. The Labute approximate surface area is 105 Å². The predicted octanol–water partition coefficient (Wildman–Crippen LogP) is 1.63. The van der Waals surface area contributed by atoms with Crippen molar-refractivity contribution in [2.75, 3.05) is 20.3 Å². The van der Waals surface area contributed by atoms with Crippen molar-refractivity contribution < 1.29 is 16.8 Å². The molecule has 0 saturated heterocycles. The van der Waals surface area contributed by atoms with Crippen LogP contribution < -0.4 is 5.73 Å². The second kappa shape index (κ2) is 11.8. The quantitative estimate of drug-likeness (QED) is 0.675. The molecule has 0 aromatic carbocycles. The fourth-order valence-electron chi connectivity index (χ4n) is 0.953. The highest BCUT2D eigenvalue weighted by Gasteiger charge is 2.04. The van der Waals surface area contributed by atoms with Crippen LogP contribution in [0.15, 0.2) is 25.3 Å². The summed E-state index contributed by atoms with van der Waals surface area (Å²) in [6.07, 6.45) is 5.81. The molecule has 0 rings (SSSR count). The van der Waals surface area contributed by atoms with Gasteiger partial charge in [0.05, 0.1) is 13.7 Å². The van der Waals surface area contributed by atoms with Gasteiger partial charge < -0.3 is 5.73 Å². The van der Waals surface area contributed by atoms with Gasteiger partial charge in [-0.1, -0.05) is 12.2 Å². The van der Waals surface area contributed by atoms with Crippen molar-refractivity contribution in [2.45, 2.75) is 19.8 Å². The average molecular weight is 265 g/mol. The molecule has 2 N–H and O–H groups in total. The number of allylic oxidation sites excluding steroid dienone is 2. The Morgan fingerprint density at radius 2 is 1.76 bits per heavy atom. The lowest BCUT2D eigenvalue weighted by molar-refractivity contribution is 0.254. The van der Waals surface area contributed by atoms with Crippen molar-refractivity contribution in [1.29, 1.82) is 0 Å². The number of hydrogen-bond donors (Lipinski definition) is 1. The topological polar surface area (TPSA) is 78.6 Å². The molecule has 5 nitrogen and oxygen atoms in total. The fraction of sp³-hybridized carbons (Fsp3) is 0.636. The third-order valence-electron chi connectivity index (χ3n) is 1.80. The first kappa shape index (κ1) is 18.7. The first-order valence-corrected chi connectivity index (χ1v) is 6.67. The zero-order chi connectivity index (χ0) is 13.7. The van der Waals surface area contributed by atoms with Gasteiger partial charge in [0.15, 0.2) is 0 Å². The molecule has 0 spiro atoms. The molecule has 0 fully saturated rings. The molecule has 102 valence electrons. The van der Waals surface area contributed by atoms with E-state index in [1.807, 2.05) is 12.2 Å². The number of nitrogens with two attached hydrogens (primary N) is 1. The summed E-state index contributed by atoms with van der Waals surface area (Å²) in [7, 11) is -2.62. The maximum atomic E-state index is 10.2. The van der Waals surface area contributed by atoms with Gasteiger partial charge in [-0.3, -0.25) is 4.18 Å². The lowest BCUT2D eigenvalue weighted by Crippen LogP contribution is -2.12. The van der Waals surface area contributed by atoms with Crippen LogP contribution in [0.5, 0.6) is 0 Å². The number of hydrogen-bond acceptors (Lipinski definition) is 5.